The number of halogens is 1. The van der Waals surface area contributed by atoms with Crippen molar-refractivity contribution in [3.63, 3.8) is 0 Å². The van der Waals surface area contributed by atoms with Gasteiger partial charge in [0.05, 0.1) is 11.7 Å². The molecule has 2 heterocycles. The number of aromatic carboxylic acids is 1. The Kier molecular flexibility index (Phi) is 2.03. The van der Waals surface area contributed by atoms with Crippen LogP contribution in [0.1, 0.15) is 16.3 Å². The molecule has 2 aromatic heterocycles. The lowest BCUT2D eigenvalue weighted by molar-refractivity contribution is 0.0682. The van der Waals surface area contributed by atoms with Crippen LogP contribution in [0.3, 0.4) is 0 Å². The summed E-state index contributed by atoms with van der Waals surface area (Å²) in [5.41, 5.74) is 1.61. The van der Waals surface area contributed by atoms with Crippen LogP contribution in [0, 0.1) is 6.92 Å². The Bertz CT molecular complexity index is 519. The van der Waals surface area contributed by atoms with Crippen LogP contribution < -0.4 is 0 Å². The molecule has 0 unspecified atom stereocenters. The van der Waals surface area contributed by atoms with Crippen LogP contribution in [-0.2, 0) is 0 Å². The van der Waals surface area contributed by atoms with E-state index in [4.69, 9.17) is 5.11 Å². The quantitative estimate of drug-likeness (QED) is 0.848. The minimum Gasteiger partial charge on any atom is -0.475 e. The summed E-state index contributed by atoms with van der Waals surface area (Å²) in [6.07, 6.45) is 1.54. The number of hydrogen-bond donors (Lipinski definition) is 1. The predicted octanol–water partition coefficient (Wildman–Crippen LogP) is 2.10. The Morgan fingerprint density at radius 1 is 1.57 bits per heavy atom. The first-order valence-electron chi connectivity index (χ1n) is 3.97. The Balaban J connectivity index is 2.90. The third-order valence-corrected chi connectivity index (χ3v) is 2.69. The molecule has 0 radical (unpaired) electrons. The molecule has 0 saturated carbocycles. The monoisotopic (exact) mass is 254 g/mol. The molecule has 0 aliphatic rings. The predicted molar refractivity (Wildman–Crippen MR) is 54.6 cm³/mol. The van der Waals surface area contributed by atoms with Gasteiger partial charge < -0.3 is 5.11 Å². The number of fused-ring (bicyclic) bond motifs is 1. The first-order valence-corrected chi connectivity index (χ1v) is 4.76. The fourth-order valence-electron chi connectivity index (χ4n) is 1.38. The van der Waals surface area contributed by atoms with Gasteiger partial charge in [0.1, 0.15) is 0 Å². The highest BCUT2D eigenvalue weighted by molar-refractivity contribution is 9.10. The molecule has 0 atom stereocenters. The van der Waals surface area contributed by atoms with Crippen molar-refractivity contribution in [2.24, 2.45) is 0 Å². The fraction of sp³-hybridized carbons (Fsp3) is 0.111. The van der Waals surface area contributed by atoms with Crippen molar-refractivity contribution in [1.82, 2.24) is 9.38 Å². The number of imidazole rings is 1. The maximum atomic E-state index is 10.8. The van der Waals surface area contributed by atoms with Gasteiger partial charge in [-0.3, -0.25) is 4.40 Å². The summed E-state index contributed by atoms with van der Waals surface area (Å²) in [5, 5.41) is 8.89. The average Bonchev–Trinajstić information content (AvgIpc) is 2.56. The van der Waals surface area contributed by atoms with Crippen molar-refractivity contribution in [2.45, 2.75) is 6.92 Å². The van der Waals surface area contributed by atoms with E-state index >= 15 is 0 Å². The number of pyridine rings is 1. The van der Waals surface area contributed by atoms with Gasteiger partial charge in [0.2, 0.25) is 5.82 Å². The first-order chi connectivity index (χ1) is 6.61. The number of carboxylic acid groups (broad SMARTS) is 1. The van der Waals surface area contributed by atoms with Gasteiger partial charge in [-0.15, -0.1) is 0 Å². The maximum absolute atomic E-state index is 10.8. The summed E-state index contributed by atoms with van der Waals surface area (Å²) in [5.74, 6) is -0.981. The number of aryl methyl sites for hydroxylation is 1. The largest absolute Gasteiger partial charge is 0.475 e. The zero-order valence-corrected chi connectivity index (χ0v) is 8.95. The Labute approximate surface area is 88.3 Å². The SMILES string of the molecule is Cc1ccc(Br)c2cnc(C(=O)O)n12. The molecule has 0 saturated heterocycles. The zero-order valence-electron chi connectivity index (χ0n) is 7.36. The number of hydrogen-bond acceptors (Lipinski definition) is 2. The number of aromatic nitrogens is 2. The topological polar surface area (TPSA) is 54.6 Å². The van der Waals surface area contributed by atoms with E-state index < -0.39 is 5.97 Å². The fourth-order valence-corrected chi connectivity index (χ4v) is 1.79. The highest BCUT2D eigenvalue weighted by Crippen LogP contribution is 2.20. The number of carbonyl (C=O) groups is 1. The lowest BCUT2D eigenvalue weighted by Crippen LogP contribution is -2.05. The molecule has 0 amide bonds. The van der Waals surface area contributed by atoms with E-state index in [-0.39, 0.29) is 5.82 Å². The third kappa shape index (κ3) is 1.21. The normalized spacial score (nSPS) is 10.7. The van der Waals surface area contributed by atoms with E-state index in [1.165, 1.54) is 0 Å². The summed E-state index contributed by atoms with van der Waals surface area (Å²) < 4.78 is 2.44. The van der Waals surface area contributed by atoms with Crippen molar-refractivity contribution < 1.29 is 9.90 Å². The summed E-state index contributed by atoms with van der Waals surface area (Å²) in [6.45, 7) is 1.84. The minimum absolute atomic E-state index is 0.0406. The van der Waals surface area contributed by atoms with E-state index in [0.29, 0.717) is 0 Å². The molecule has 0 fully saturated rings. The molecule has 0 bridgehead atoms. The van der Waals surface area contributed by atoms with Crippen molar-refractivity contribution >= 4 is 27.4 Å². The first kappa shape index (κ1) is 9.21. The van der Waals surface area contributed by atoms with Crippen molar-refractivity contribution in [1.29, 1.82) is 0 Å². The van der Waals surface area contributed by atoms with Crippen LogP contribution in [0.25, 0.3) is 5.52 Å². The van der Waals surface area contributed by atoms with Gasteiger partial charge in [0.15, 0.2) is 0 Å². The molecular formula is C9H7BrN2O2. The second-order valence-electron chi connectivity index (χ2n) is 2.93. The van der Waals surface area contributed by atoms with Gasteiger partial charge in [-0.1, -0.05) is 0 Å². The van der Waals surface area contributed by atoms with Crippen molar-refractivity contribution in [3.8, 4) is 0 Å². The third-order valence-electron chi connectivity index (χ3n) is 2.02. The molecule has 4 nitrogen and oxygen atoms in total. The molecule has 2 rings (SSSR count). The lowest BCUT2D eigenvalue weighted by atomic mass is 10.3. The molecule has 1 N–H and O–H groups in total. The lowest BCUT2D eigenvalue weighted by Gasteiger charge is -2.02. The van der Waals surface area contributed by atoms with E-state index in [2.05, 4.69) is 20.9 Å². The van der Waals surface area contributed by atoms with Crippen LogP contribution in [0.4, 0.5) is 0 Å². The van der Waals surface area contributed by atoms with Gasteiger partial charge in [-0.25, -0.2) is 9.78 Å². The van der Waals surface area contributed by atoms with Crippen LogP contribution >= 0.6 is 15.9 Å². The van der Waals surface area contributed by atoms with Gasteiger partial charge >= 0.3 is 5.97 Å². The summed E-state index contributed by atoms with van der Waals surface area (Å²) in [6, 6.07) is 3.71. The summed E-state index contributed by atoms with van der Waals surface area (Å²) in [7, 11) is 0. The van der Waals surface area contributed by atoms with Crippen LogP contribution in [0.5, 0.6) is 0 Å². The Hall–Kier alpha value is -1.36. The molecule has 0 spiro atoms. The summed E-state index contributed by atoms with van der Waals surface area (Å²) in [4.78, 5) is 14.7. The van der Waals surface area contributed by atoms with Crippen LogP contribution in [-0.4, -0.2) is 20.5 Å². The minimum atomic E-state index is -1.02. The average molecular weight is 255 g/mol. The number of nitrogens with zero attached hydrogens (tertiary/aromatic N) is 2. The molecule has 0 aliphatic carbocycles. The highest BCUT2D eigenvalue weighted by atomic mass is 79.9. The second-order valence-corrected chi connectivity index (χ2v) is 3.78. The van der Waals surface area contributed by atoms with E-state index in [0.717, 1.165) is 15.7 Å². The maximum Gasteiger partial charge on any atom is 0.372 e. The van der Waals surface area contributed by atoms with Crippen molar-refractivity contribution in [2.75, 3.05) is 0 Å². The standard InChI is InChI=1S/C9H7BrN2O2/c1-5-2-3-6(10)7-4-11-8(9(13)14)12(5)7/h2-4H,1H3,(H,13,14). The molecule has 0 aromatic carbocycles. The van der Waals surface area contributed by atoms with Crippen molar-refractivity contribution in [3.05, 3.63) is 34.3 Å². The van der Waals surface area contributed by atoms with Gasteiger partial charge in [-0.2, -0.15) is 0 Å². The summed E-state index contributed by atoms with van der Waals surface area (Å²) >= 11 is 3.34. The van der Waals surface area contributed by atoms with Gasteiger partial charge in [0.25, 0.3) is 0 Å². The zero-order chi connectivity index (χ0) is 10.3. The smallest absolute Gasteiger partial charge is 0.372 e. The molecular weight excluding hydrogens is 248 g/mol. The number of carboxylic acids is 1. The van der Waals surface area contributed by atoms with Gasteiger partial charge in [-0.05, 0) is 35.0 Å². The van der Waals surface area contributed by atoms with E-state index in [1.807, 2.05) is 19.1 Å². The Morgan fingerprint density at radius 2 is 2.29 bits per heavy atom. The molecule has 72 valence electrons. The van der Waals surface area contributed by atoms with Gasteiger partial charge in [0, 0.05) is 10.2 Å². The molecule has 0 aliphatic heterocycles. The van der Waals surface area contributed by atoms with E-state index in [1.54, 1.807) is 10.6 Å². The molecule has 5 heteroatoms. The number of rotatable bonds is 1. The van der Waals surface area contributed by atoms with Crippen LogP contribution in [0.15, 0.2) is 22.8 Å². The molecule has 14 heavy (non-hydrogen) atoms. The molecule has 2 aromatic rings. The van der Waals surface area contributed by atoms with E-state index in [9.17, 15) is 4.79 Å². The second kappa shape index (κ2) is 3.09. The van der Waals surface area contributed by atoms with Crippen LogP contribution in [0.2, 0.25) is 0 Å². The Morgan fingerprint density at radius 3 is 2.93 bits per heavy atom. The highest BCUT2D eigenvalue weighted by Gasteiger charge is 2.13.